The number of hydrogen-bond acceptors (Lipinski definition) is 2. The zero-order valence-electron chi connectivity index (χ0n) is 14.1. The van der Waals surface area contributed by atoms with Crippen LogP contribution in [0.3, 0.4) is 0 Å². The standard InChI is InChI=1S/C16H35NO2Si/c1-5-17-16(18)14-12-10-8-6-7-9-11-13-15-20(3,4)19-2/h5-15H2,1-4H3,(H,17,18). The molecule has 0 aromatic rings. The van der Waals surface area contributed by atoms with Crippen LogP contribution in [-0.4, -0.2) is 27.9 Å². The molecule has 0 aromatic heterocycles. The van der Waals surface area contributed by atoms with Crippen molar-refractivity contribution in [2.24, 2.45) is 0 Å². The summed E-state index contributed by atoms with van der Waals surface area (Å²) in [7, 11) is 0.535. The highest BCUT2D eigenvalue weighted by Gasteiger charge is 2.18. The summed E-state index contributed by atoms with van der Waals surface area (Å²) in [6.45, 7) is 7.30. The zero-order chi connectivity index (χ0) is 15.3. The van der Waals surface area contributed by atoms with Crippen molar-refractivity contribution in [1.29, 1.82) is 0 Å². The van der Waals surface area contributed by atoms with Crippen LogP contribution < -0.4 is 5.32 Å². The van der Waals surface area contributed by atoms with Gasteiger partial charge in [-0.1, -0.05) is 44.9 Å². The molecule has 0 unspecified atom stereocenters. The van der Waals surface area contributed by atoms with Crippen molar-refractivity contribution in [3.05, 3.63) is 0 Å². The fourth-order valence-corrected chi connectivity index (χ4v) is 3.59. The van der Waals surface area contributed by atoms with E-state index in [9.17, 15) is 4.79 Å². The molecule has 20 heavy (non-hydrogen) atoms. The molecule has 0 saturated heterocycles. The summed E-state index contributed by atoms with van der Waals surface area (Å²) in [6, 6.07) is 1.29. The van der Waals surface area contributed by atoms with Gasteiger partial charge in [-0.15, -0.1) is 0 Å². The van der Waals surface area contributed by atoms with Gasteiger partial charge in [-0.2, -0.15) is 0 Å². The fourth-order valence-electron chi connectivity index (χ4n) is 2.28. The van der Waals surface area contributed by atoms with Gasteiger partial charge in [0.2, 0.25) is 5.91 Å². The second-order valence-electron chi connectivity index (χ2n) is 6.25. The lowest BCUT2D eigenvalue weighted by Gasteiger charge is -2.19. The molecule has 0 spiro atoms. The van der Waals surface area contributed by atoms with E-state index >= 15 is 0 Å². The maximum atomic E-state index is 11.2. The number of carbonyl (C=O) groups is 1. The van der Waals surface area contributed by atoms with E-state index in [1.54, 1.807) is 0 Å². The molecule has 0 aliphatic heterocycles. The van der Waals surface area contributed by atoms with E-state index in [0.717, 1.165) is 13.0 Å². The Hall–Kier alpha value is -0.353. The monoisotopic (exact) mass is 301 g/mol. The molecule has 0 aliphatic carbocycles. The number of nitrogens with one attached hydrogen (secondary N) is 1. The Balaban J connectivity index is 3.19. The Bertz CT molecular complexity index is 245. The summed E-state index contributed by atoms with van der Waals surface area (Å²) in [5, 5.41) is 2.84. The third kappa shape index (κ3) is 12.7. The Morgan fingerprint density at radius 1 is 0.950 bits per heavy atom. The van der Waals surface area contributed by atoms with E-state index in [1.165, 1.54) is 51.0 Å². The molecule has 0 bridgehead atoms. The summed E-state index contributed by atoms with van der Waals surface area (Å²) in [6.07, 6.45) is 10.9. The summed E-state index contributed by atoms with van der Waals surface area (Å²) in [5.74, 6) is 0.206. The van der Waals surface area contributed by atoms with E-state index in [-0.39, 0.29) is 5.91 Å². The van der Waals surface area contributed by atoms with Crippen molar-refractivity contribution in [1.82, 2.24) is 5.32 Å². The Kier molecular flexibility index (Phi) is 12.2. The molecule has 0 saturated carbocycles. The number of carbonyl (C=O) groups excluding carboxylic acids is 1. The highest BCUT2D eigenvalue weighted by molar-refractivity contribution is 6.71. The lowest BCUT2D eigenvalue weighted by atomic mass is 10.1. The van der Waals surface area contributed by atoms with Crippen LogP contribution >= 0.6 is 0 Å². The minimum absolute atomic E-state index is 0.206. The lowest BCUT2D eigenvalue weighted by molar-refractivity contribution is -0.121. The van der Waals surface area contributed by atoms with Gasteiger partial charge >= 0.3 is 0 Å². The Morgan fingerprint density at radius 3 is 1.95 bits per heavy atom. The van der Waals surface area contributed by atoms with Crippen LogP contribution in [0.5, 0.6) is 0 Å². The largest absolute Gasteiger partial charge is 0.420 e. The molecule has 4 heteroatoms. The first-order valence-electron chi connectivity index (χ1n) is 8.33. The quantitative estimate of drug-likeness (QED) is 0.402. The van der Waals surface area contributed by atoms with Crippen molar-refractivity contribution in [2.45, 2.75) is 83.8 Å². The van der Waals surface area contributed by atoms with E-state index < -0.39 is 8.32 Å². The molecule has 1 N–H and O–H groups in total. The first-order chi connectivity index (χ1) is 9.52. The molecule has 1 amide bonds. The number of hydrogen-bond donors (Lipinski definition) is 1. The van der Waals surface area contributed by atoms with Crippen molar-refractivity contribution < 1.29 is 9.22 Å². The molecule has 0 rings (SSSR count). The maximum absolute atomic E-state index is 11.2. The van der Waals surface area contributed by atoms with Crippen LogP contribution in [0.1, 0.15) is 64.7 Å². The molecular weight excluding hydrogens is 266 g/mol. The van der Waals surface area contributed by atoms with Crippen LogP contribution in [0.25, 0.3) is 0 Å². The molecule has 3 nitrogen and oxygen atoms in total. The molecule has 0 heterocycles. The number of unbranched alkanes of at least 4 members (excludes halogenated alkanes) is 7. The van der Waals surface area contributed by atoms with Gasteiger partial charge in [0.15, 0.2) is 8.32 Å². The first kappa shape index (κ1) is 19.6. The van der Waals surface area contributed by atoms with Gasteiger partial charge in [-0.25, -0.2) is 0 Å². The molecule has 120 valence electrons. The van der Waals surface area contributed by atoms with Crippen molar-refractivity contribution in [2.75, 3.05) is 13.7 Å². The highest BCUT2D eigenvalue weighted by Crippen LogP contribution is 2.16. The lowest BCUT2D eigenvalue weighted by Crippen LogP contribution is -2.27. The minimum Gasteiger partial charge on any atom is -0.420 e. The van der Waals surface area contributed by atoms with Gasteiger partial charge in [-0.3, -0.25) is 4.79 Å². The van der Waals surface area contributed by atoms with Crippen LogP contribution in [-0.2, 0) is 9.22 Å². The van der Waals surface area contributed by atoms with Crippen LogP contribution in [0, 0.1) is 0 Å². The molecule has 0 aromatic carbocycles. The summed E-state index contributed by atoms with van der Waals surface area (Å²) in [4.78, 5) is 11.2. The van der Waals surface area contributed by atoms with Crippen molar-refractivity contribution in [3.63, 3.8) is 0 Å². The number of amides is 1. The van der Waals surface area contributed by atoms with E-state index in [0.29, 0.717) is 6.42 Å². The van der Waals surface area contributed by atoms with E-state index in [4.69, 9.17) is 4.43 Å². The predicted molar refractivity (Wildman–Crippen MR) is 89.5 cm³/mol. The average molecular weight is 302 g/mol. The fraction of sp³-hybridized carbons (Fsp3) is 0.938. The molecule has 0 aliphatic rings. The van der Waals surface area contributed by atoms with Crippen LogP contribution in [0.4, 0.5) is 0 Å². The highest BCUT2D eigenvalue weighted by atomic mass is 28.4. The Labute approximate surface area is 127 Å². The van der Waals surface area contributed by atoms with Crippen LogP contribution in [0.15, 0.2) is 0 Å². The van der Waals surface area contributed by atoms with E-state index in [2.05, 4.69) is 18.4 Å². The van der Waals surface area contributed by atoms with Gasteiger partial charge in [0.1, 0.15) is 0 Å². The van der Waals surface area contributed by atoms with Gasteiger partial charge < -0.3 is 9.74 Å². The van der Waals surface area contributed by atoms with Crippen LogP contribution in [0.2, 0.25) is 19.1 Å². The zero-order valence-corrected chi connectivity index (χ0v) is 15.1. The van der Waals surface area contributed by atoms with E-state index in [1.807, 2.05) is 14.0 Å². The second kappa shape index (κ2) is 12.4. The normalized spacial score (nSPS) is 11.6. The SMILES string of the molecule is CCNC(=O)CCCCCCCCCC[Si](C)(C)OC. The molecular formula is C16H35NO2Si. The van der Waals surface area contributed by atoms with Gasteiger partial charge in [0.25, 0.3) is 0 Å². The molecule has 0 radical (unpaired) electrons. The van der Waals surface area contributed by atoms with Gasteiger partial charge in [-0.05, 0) is 32.5 Å². The third-order valence-corrected chi connectivity index (χ3v) is 6.52. The molecule has 0 fully saturated rings. The van der Waals surface area contributed by atoms with Crippen molar-refractivity contribution in [3.8, 4) is 0 Å². The Morgan fingerprint density at radius 2 is 1.45 bits per heavy atom. The van der Waals surface area contributed by atoms with Gasteiger partial charge in [0.05, 0.1) is 0 Å². The summed E-state index contributed by atoms with van der Waals surface area (Å²) < 4.78 is 5.55. The summed E-state index contributed by atoms with van der Waals surface area (Å²) in [5.41, 5.74) is 0. The van der Waals surface area contributed by atoms with Gasteiger partial charge in [0, 0.05) is 20.1 Å². The first-order valence-corrected chi connectivity index (χ1v) is 11.4. The minimum atomic E-state index is -1.32. The average Bonchev–Trinajstić information content (AvgIpc) is 2.41. The number of rotatable bonds is 13. The molecule has 0 atom stereocenters. The summed E-state index contributed by atoms with van der Waals surface area (Å²) >= 11 is 0. The topological polar surface area (TPSA) is 38.3 Å². The van der Waals surface area contributed by atoms with Crippen molar-refractivity contribution >= 4 is 14.2 Å². The smallest absolute Gasteiger partial charge is 0.219 e. The maximum Gasteiger partial charge on any atom is 0.219 e. The predicted octanol–water partition coefficient (Wildman–Crippen LogP) is 4.48. The third-order valence-electron chi connectivity index (χ3n) is 3.86. The second-order valence-corrected chi connectivity index (χ2v) is 10.7.